The molecule has 0 spiro atoms. The number of terminal acetylenes is 1. The first-order valence-electron chi connectivity index (χ1n) is 9.50. The summed E-state index contributed by atoms with van der Waals surface area (Å²) in [4.78, 5) is 0. The minimum atomic E-state index is 0.470. The van der Waals surface area contributed by atoms with Crippen LogP contribution in [0.5, 0.6) is 0 Å². The van der Waals surface area contributed by atoms with E-state index in [0.29, 0.717) is 6.79 Å². The molecule has 2 nitrogen and oxygen atoms in total. The van der Waals surface area contributed by atoms with E-state index < -0.39 is 0 Å². The number of ether oxygens (including phenoxy) is 2. The molecule has 0 amide bonds. The summed E-state index contributed by atoms with van der Waals surface area (Å²) in [6.45, 7) is 4.41. The lowest BCUT2D eigenvalue weighted by Gasteiger charge is -2.06. The third-order valence-electron chi connectivity index (χ3n) is 3.92. The molecule has 0 radical (unpaired) electrons. The second-order valence-corrected chi connectivity index (χ2v) is 6.13. The highest BCUT2D eigenvalue weighted by Gasteiger charge is 1.94. The van der Waals surface area contributed by atoms with Gasteiger partial charge in [-0.3, -0.25) is 0 Å². The minimum Gasteiger partial charge on any atom is -0.355 e. The van der Waals surface area contributed by atoms with Gasteiger partial charge in [0.05, 0.1) is 0 Å². The second-order valence-electron chi connectivity index (χ2n) is 6.13. The van der Waals surface area contributed by atoms with Crippen molar-refractivity contribution in [3.8, 4) is 12.3 Å². The Kier molecular flexibility index (Phi) is 20.0. The molecule has 22 heavy (non-hydrogen) atoms. The quantitative estimate of drug-likeness (QED) is 0.173. The van der Waals surface area contributed by atoms with Gasteiger partial charge in [0, 0.05) is 19.6 Å². The Morgan fingerprint density at radius 3 is 1.59 bits per heavy atom. The number of unbranched alkanes of at least 4 members (excludes halogenated alkanes) is 12. The van der Waals surface area contributed by atoms with Crippen LogP contribution in [0.4, 0.5) is 0 Å². The molecule has 0 aromatic heterocycles. The lowest BCUT2D eigenvalue weighted by atomic mass is 10.1. The van der Waals surface area contributed by atoms with Crippen molar-refractivity contribution in [2.45, 2.75) is 96.8 Å². The molecule has 0 saturated heterocycles. The van der Waals surface area contributed by atoms with Crippen LogP contribution in [0.3, 0.4) is 0 Å². The molecule has 2 heteroatoms. The number of hydrogen-bond donors (Lipinski definition) is 0. The van der Waals surface area contributed by atoms with Gasteiger partial charge in [-0.1, -0.05) is 71.1 Å². The Hall–Kier alpha value is -0.520. The van der Waals surface area contributed by atoms with E-state index in [0.717, 1.165) is 26.1 Å². The second kappa shape index (κ2) is 20.5. The van der Waals surface area contributed by atoms with E-state index in [4.69, 9.17) is 15.9 Å². The van der Waals surface area contributed by atoms with Crippen LogP contribution in [0.25, 0.3) is 0 Å². The molecule has 0 atom stereocenters. The fourth-order valence-corrected chi connectivity index (χ4v) is 2.48. The Labute approximate surface area is 139 Å². The molecule has 0 rings (SSSR count). The van der Waals surface area contributed by atoms with E-state index in [1.807, 2.05) is 0 Å². The van der Waals surface area contributed by atoms with Gasteiger partial charge < -0.3 is 9.47 Å². The van der Waals surface area contributed by atoms with E-state index in [1.54, 1.807) is 0 Å². The molecule has 0 aromatic carbocycles. The Morgan fingerprint density at radius 2 is 1.09 bits per heavy atom. The zero-order chi connectivity index (χ0) is 16.1. The van der Waals surface area contributed by atoms with Crippen LogP contribution in [0.2, 0.25) is 0 Å². The zero-order valence-corrected chi connectivity index (χ0v) is 14.9. The van der Waals surface area contributed by atoms with Gasteiger partial charge in [-0.25, -0.2) is 0 Å². The highest BCUT2D eigenvalue weighted by atomic mass is 16.7. The largest absolute Gasteiger partial charge is 0.355 e. The molecular weight excluding hydrogens is 272 g/mol. The van der Waals surface area contributed by atoms with Crippen molar-refractivity contribution in [3.05, 3.63) is 0 Å². The van der Waals surface area contributed by atoms with Gasteiger partial charge in [0.2, 0.25) is 0 Å². The molecule has 0 saturated carbocycles. The maximum atomic E-state index is 5.49. The summed E-state index contributed by atoms with van der Waals surface area (Å²) in [6.07, 6.45) is 22.9. The summed E-state index contributed by atoms with van der Waals surface area (Å²) in [7, 11) is 0. The van der Waals surface area contributed by atoms with Crippen molar-refractivity contribution in [3.63, 3.8) is 0 Å². The van der Waals surface area contributed by atoms with Crippen LogP contribution in [-0.2, 0) is 9.47 Å². The highest BCUT2D eigenvalue weighted by molar-refractivity contribution is 4.82. The maximum Gasteiger partial charge on any atom is 0.146 e. The number of rotatable bonds is 18. The molecular formula is C20H38O2. The molecule has 0 bridgehead atoms. The molecule has 0 aliphatic carbocycles. The molecule has 0 fully saturated rings. The Morgan fingerprint density at radius 1 is 0.636 bits per heavy atom. The van der Waals surface area contributed by atoms with Gasteiger partial charge in [-0.05, 0) is 19.3 Å². The van der Waals surface area contributed by atoms with Crippen LogP contribution in [-0.4, -0.2) is 20.0 Å². The van der Waals surface area contributed by atoms with Crippen LogP contribution in [0, 0.1) is 12.3 Å². The van der Waals surface area contributed by atoms with E-state index in [-0.39, 0.29) is 0 Å². The minimum absolute atomic E-state index is 0.470. The summed E-state index contributed by atoms with van der Waals surface area (Å²) in [5.74, 6) is 2.69. The van der Waals surface area contributed by atoms with Gasteiger partial charge >= 0.3 is 0 Å². The topological polar surface area (TPSA) is 18.5 Å². The van der Waals surface area contributed by atoms with Crippen molar-refractivity contribution < 1.29 is 9.47 Å². The molecule has 0 unspecified atom stereocenters. The van der Waals surface area contributed by atoms with Gasteiger partial charge in [-0.15, -0.1) is 12.3 Å². The first-order chi connectivity index (χ1) is 10.9. The molecule has 0 aromatic rings. The summed E-state index contributed by atoms with van der Waals surface area (Å²) in [5.41, 5.74) is 0. The normalized spacial score (nSPS) is 10.7. The van der Waals surface area contributed by atoms with E-state index >= 15 is 0 Å². The smallest absolute Gasteiger partial charge is 0.146 e. The van der Waals surface area contributed by atoms with Gasteiger partial charge in [-0.2, -0.15) is 0 Å². The van der Waals surface area contributed by atoms with E-state index in [9.17, 15) is 0 Å². The van der Waals surface area contributed by atoms with E-state index in [1.165, 1.54) is 77.0 Å². The monoisotopic (exact) mass is 310 g/mol. The van der Waals surface area contributed by atoms with Crippen LogP contribution < -0.4 is 0 Å². The van der Waals surface area contributed by atoms with Gasteiger partial charge in [0.25, 0.3) is 0 Å². The fourth-order valence-electron chi connectivity index (χ4n) is 2.48. The standard InChI is InChI=1S/C20H38O2/c1-3-5-7-9-11-13-15-17-19-22-20-21-18-16-14-12-10-8-6-4-2/h1H,4-20H2,2H3. The van der Waals surface area contributed by atoms with Crippen molar-refractivity contribution in [1.29, 1.82) is 0 Å². The summed E-state index contributed by atoms with van der Waals surface area (Å²) in [5, 5.41) is 0. The van der Waals surface area contributed by atoms with Crippen molar-refractivity contribution in [1.82, 2.24) is 0 Å². The Balaban J connectivity index is 2.93. The van der Waals surface area contributed by atoms with Crippen molar-refractivity contribution >= 4 is 0 Å². The predicted molar refractivity (Wildman–Crippen MR) is 95.9 cm³/mol. The van der Waals surface area contributed by atoms with Crippen LogP contribution in [0.1, 0.15) is 96.8 Å². The van der Waals surface area contributed by atoms with Gasteiger partial charge in [0.1, 0.15) is 6.79 Å². The molecule has 130 valence electrons. The summed E-state index contributed by atoms with van der Waals surface area (Å²) < 4.78 is 11.0. The first kappa shape index (κ1) is 21.5. The van der Waals surface area contributed by atoms with E-state index in [2.05, 4.69) is 12.8 Å². The first-order valence-corrected chi connectivity index (χ1v) is 9.50. The SMILES string of the molecule is C#CCCCCCCCCOCOCCCCCCCCC. The van der Waals surface area contributed by atoms with Crippen molar-refractivity contribution in [2.24, 2.45) is 0 Å². The molecule has 0 N–H and O–H groups in total. The molecule has 0 aliphatic rings. The average molecular weight is 311 g/mol. The van der Waals surface area contributed by atoms with Crippen molar-refractivity contribution in [2.75, 3.05) is 20.0 Å². The predicted octanol–water partition coefficient (Wildman–Crippen LogP) is 6.09. The third kappa shape index (κ3) is 19.5. The zero-order valence-electron chi connectivity index (χ0n) is 14.9. The molecule has 0 heterocycles. The Bertz CT molecular complexity index is 232. The lowest BCUT2D eigenvalue weighted by Crippen LogP contribution is -2.03. The highest BCUT2D eigenvalue weighted by Crippen LogP contribution is 2.08. The van der Waals surface area contributed by atoms with Gasteiger partial charge in [0.15, 0.2) is 0 Å². The lowest BCUT2D eigenvalue weighted by molar-refractivity contribution is -0.0556. The van der Waals surface area contributed by atoms with Crippen LogP contribution >= 0.6 is 0 Å². The maximum absolute atomic E-state index is 5.49. The number of hydrogen-bond acceptors (Lipinski definition) is 2. The average Bonchev–Trinajstić information content (AvgIpc) is 2.54. The third-order valence-corrected chi connectivity index (χ3v) is 3.92. The van der Waals surface area contributed by atoms with Crippen LogP contribution in [0.15, 0.2) is 0 Å². The fraction of sp³-hybridized carbons (Fsp3) is 0.900. The molecule has 0 aliphatic heterocycles. The summed E-state index contributed by atoms with van der Waals surface area (Å²) in [6, 6.07) is 0. The summed E-state index contributed by atoms with van der Waals surface area (Å²) >= 11 is 0.